The Labute approximate surface area is 178 Å². The summed E-state index contributed by atoms with van der Waals surface area (Å²) in [6.45, 7) is 3.36. The van der Waals surface area contributed by atoms with Gasteiger partial charge in [0.1, 0.15) is 0 Å². The summed E-state index contributed by atoms with van der Waals surface area (Å²) >= 11 is 0. The van der Waals surface area contributed by atoms with Gasteiger partial charge in [-0.15, -0.1) is 0 Å². The van der Waals surface area contributed by atoms with E-state index in [2.05, 4.69) is 40.5 Å². The van der Waals surface area contributed by atoms with E-state index in [1.807, 2.05) is 35.1 Å². The number of nitrogens with zero attached hydrogens (tertiary/aromatic N) is 3. The van der Waals surface area contributed by atoms with Crippen molar-refractivity contribution in [2.24, 2.45) is 0 Å². The van der Waals surface area contributed by atoms with Gasteiger partial charge in [0, 0.05) is 38.0 Å². The molecule has 0 amide bonds. The largest absolute Gasteiger partial charge is 0.493 e. The van der Waals surface area contributed by atoms with Crippen LogP contribution in [-0.4, -0.2) is 48.2 Å². The zero-order chi connectivity index (χ0) is 20.8. The van der Waals surface area contributed by atoms with Crippen molar-refractivity contribution in [3.05, 3.63) is 72.1 Å². The lowest BCUT2D eigenvalue weighted by molar-refractivity contribution is 0.0679. The van der Waals surface area contributed by atoms with Crippen LogP contribution < -0.4 is 9.47 Å². The fourth-order valence-corrected chi connectivity index (χ4v) is 3.92. The topological polar surface area (TPSA) is 48.8 Å². The zero-order valence-electron chi connectivity index (χ0n) is 17.7. The van der Waals surface area contributed by atoms with Crippen LogP contribution in [0.15, 0.2) is 60.9 Å². The van der Waals surface area contributed by atoms with Crippen LogP contribution in [0.5, 0.6) is 11.5 Å². The normalized spacial score (nSPS) is 16.2. The van der Waals surface area contributed by atoms with Crippen molar-refractivity contribution in [2.75, 3.05) is 27.4 Å². The van der Waals surface area contributed by atoms with Gasteiger partial charge in [-0.05, 0) is 42.7 Å². The van der Waals surface area contributed by atoms with E-state index in [1.54, 1.807) is 14.2 Å². The molecule has 0 N–H and O–H groups in total. The monoisotopic (exact) mass is 407 g/mol. The van der Waals surface area contributed by atoms with Gasteiger partial charge in [-0.25, -0.2) is 4.68 Å². The van der Waals surface area contributed by atoms with E-state index in [1.165, 1.54) is 11.1 Å². The van der Waals surface area contributed by atoms with E-state index in [0.717, 1.165) is 56.3 Å². The highest BCUT2D eigenvalue weighted by Gasteiger charge is 2.20. The van der Waals surface area contributed by atoms with E-state index in [9.17, 15) is 0 Å². The summed E-state index contributed by atoms with van der Waals surface area (Å²) in [7, 11) is 3.33. The Bertz CT molecular complexity index is 936. The van der Waals surface area contributed by atoms with Gasteiger partial charge in [-0.2, -0.15) is 5.10 Å². The average molecular weight is 408 g/mol. The van der Waals surface area contributed by atoms with Crippen molar-refractivity contribution in [2.45, 2.75) is 32.0 Å². The van der Waals surface area contributed by atoms with Crippen LogP contribution in [0.3, 0.4) is 0 Å². The van der Waals surface area contributed by atoms with Gasteiger partial charge in [-0.1, -0.05) is 24.3 Å². The smallest absolute Gasteiger partial charge is 0.161 e. The average Bonchev–Trinajstić information content (AvgIpc) is 3.46. The van der Waals surface area contributed by atoms with Gasteiger partial charge in [0.15, 0.2) is 11.5 Å². The van der Waals surface area contributed by atoms with Gasteiger partial charge >= 0.3 is 0 Å². The molecule has 1 atom stereocenters. The molecule has 0 saturated carbocycles. The maximum Gasteiger partial charge on any atom is 0.161 e. The van der Waals surface area contributed by atoms with Crippen molar-refractivity contribution in [3.63, 3.8) is 0 Å². The van der Waals surface area contributed by atoms with E-state index in [-0.39, 0.29) is 6.10 Å². The molecule has 0 aliphatic carbocycles. The molecule has 0 bridgehead atoms. The van der Waals surface area contributed by atoms with Gasteiger partial charge in [0.05, 0.1) is 32.2 Å². The third-order valence-electron chi connectivity index (χ3n) is 5.40. The van der Waals surface area contributed by atoms with Gasteiger partial charge in [0.2, 0.25) is 0 Å². The summed E-state index contributed by atoms with van der Waals surface area (Å²) in [5, 5.41) is 4.55. The number of benzene rings is 2. The molecule has 158 valence electrons. The molecule has 6 nitrogen and oxygen atoms in total. The second-order valence-electron chi connectivity index (χ2n) is 7.62. The van der Waals surface area contributed by atoms with Crippen LogP contribution in [0.1, 0.15) is 24.0 Å². The molecule has 1 aromatic heterocycles. The molecule has 1 aliphatic rings. The summed E-state index contributed by atoms with van der Waals surface area (Å²) in [6, 6.07) is 16.3. The fourth-order valence-electron chi connectivity index (χ4n) is 3.92. The Morgan fingerprint density at radius 2 is 1.83 bits per heavy atom. The molecule has 0 radical (unpaired) electrons. The molecule has 3 aromatic rings. The third-order valence-corrected chi connectivity index (χ3v) is 5.40. The molecule has 0 unspecified atom stereocenters. The van der Waals surface area contributed by atoms with Crippen molar-refractivity contribution in [1.82, 2.24) is 14.7 Å². The summed E-state index contributed by atoms with van der Waals surface area (Å²) in [4.78, 5) is 2.42. The summed E-state index contributed by atoms with van der Waals surface area (Å²) in [5.74, 6) is 1.50. The van der Waals surface area contributed by atoms with Crippen molar-refractivity contribution in [3.8, 4) is 17.2 Å². The molecule has 30 heavy (non-hydrogen) atoms. The standard InChI is InChI=1S/C24H29N3O3/c1-28-23-11-10-19(13-24(23)29-2)15-26(18-22-9-6-12-30-22)16-20-14-25-27(17-20)21-7-4-3-5-8-21/h3-5,7-8,10-11,13-14,17,22H,6,9,12,15-16,18H2,1-2H3/t22-/m0/s1. The number of para-hydroxylation sites is 1. The first kappa shape index (κ1) is 20.4. The van der Waals surface area contributed by atoms with E-state index in [4.69, 9.17) is 14.2 Å². The van der Waals surface area contributed by atoms with Gasteiger partial charge in [0.25, 0.3) is 0 Å². The first-order chi connectivity index (χ1) is 14.7. The maximum absolute atomic E-state index is 5.91. The number of aromatic nitrogens is 2. The van der Waals surface area contributed by atoms with Crippen molar-refractivity contribution in [1.29, 1.82) is 0 Å². The number of methoxy groups -OCH3 is 2. The second kappa shape index (κ2) is 9.78. The third kappa shape index (κ3) is 5.01. The van der Waals surface area contributed by atoms with Gasteiger partial charge in [-0.3, -0.25) is 4.90 Å². The fraction of sp³-hybridized carbons (Fsp3) is 0.375. The minimum atomic E-state index is 0.286. The molecule has 1 fully saturated rings. The van der Waals surface area contributed by atoms with Crippen LogP contribution in [-0.2, 0) is 17.8 Å². The molecular weight excluding hydrogens is 378 g/mol. The molecule has 0 spiro atoms. The number of rotatable bonds is 9. The lowest BCUT2D eigenvalue weighted by Crippen LogP contribution is -2.31. The molecule has 1 aliphatic heterocycles. The van der Waals surface area contributed by atoms with E-state index < -0.39 is 0 Å². The van der Waals surface area contributed by atoms with Crippen molar-refractivity contribution >= 4 is 0 Å². The molecule has 4 rings (SSSR count). The highest BCUT2D eigenvalue weighted by molar-refractivity contribution is 5.42. The summed E-state index contributed by atoms with van der Waals surface area (Å²) in [6.07, 6.45) is 6.60. The SMILES string of the molecule is COc1ccc(CN(Cc2cnn(-c3ccccc3)c2)C[C@@H]2CCCO2)cc1OC. The minimum Gasteiger partial charge on any atom is -0.493 e. The summed E-state index contributed by atoms with van der Waals surface area (Å²) in [5.41, 5.74) is 3.42. The molecule has 2 heterocycles. The Kier molecular flexibility index (Phi) is 6.67. The number of hydrogen-bond donors (Lipinski definition) is 0. The minimum absolute atomic E-state index is 0.286. The number of hydrogen-bond acceptors (Lipinski definition) is 5. The Morgan fingerprint density at radius 3 is 2.57 bits per heavy atom. The molecule has 6 heteroatoms. The lowest BCUT2D eigenvalue weighted by Gasteiger charge is -2.25. The van der Waals surface area contributed by atoms with Crippen molar-refractivity contribution < 1.29 is 14.2 Å². The number of ether oxygens (including phenoxy) is 3. The van der Waals surface area contributed by atoms with Crippen LogP contribution >= 0.6 is 0 Å². The Balaban J connectivity index is 1.51. The van der Waals surface area contributed by atoms with Crippen LogP contribution in [0.2, 0.25) is 0 Å². The first-order valence-corrected chi connectivity index (χ1v) is 10.4. The highest BCUT2D eigenvalue weighted by atomic mass is 16.5. The van der Waals surface area contributed by atoms with Crippen LogP contribution in [0, 0.1) is 0 Å². The zero-order valence-corrected chi connectivity index (χ0v) is 17.7. The maximum atomic E-state index is 5.91. The van der Waals surface area contributed by atoms with Gasteiger partial charge < -0.3 is 14.2 Å². The van der Waals surface area contributed by atoms with Crippen LogP contribution in [0.4, 0.5) is 0 Å². The van der Waals surface area contributed by atoms with E-state index in [0.29, 0.717) is 0 Å². The molecule has 1 saturated heterocycles. The lowest BCUT2D eigenvalue weighted by atomic mass is 10.1. The second-order valence-corrected chi connectivity index (χ2v) is 7.62. The molecular formula is C24H29N3O3. The summed E-state index contributed by atoms with van der Waals surface area (Å²) < 4.78 is 18.7. The Hall–Kier alpha value is -2.83. The first-order valence-electron chi connectivity index (χ1n) is 10.4. The molecule has 2 aromatic carbocycles. The predicted molar refractivity (Wildman–Crippen MR) is 116 cm³/mol. The highest BCUT2D eigenvalue weighted by Crippen LogP contribution is 2.28. The Morgan fingerprint density at radius 1 is 1.03 bits per heavy atom. The predicted octanol–water partition coefficient (Wildman–Crippen LogP) is 4.07. The van der Waals surface area contributed by atoms with Crippen LogP contribution in [0.25, 0.3) is 5.69 Å². The quantitative estimate of drug-likeness (QED) is 0.535. The van der Waals surface area contributed by atoms with E-state index >= 15 is 0 Å².